The van der Waals surface area contributed by atoms with E-state index in [-0.39, 0.29) is 5.16 Å². The second kappa shape index (κ2) is 2.93. The third kappa shape index (κ3) is 1.26. The van der Waals surface area contributed by atoms with Crippen LogP contribution in [0.1, 0.15) is 0 Å². The summed E-state index contributed by atoms with van der Waals surface area (Å²) in [6.45, 7) is 0. The number of hydrogen-bond acceptors (Lipinski definition) is 2. The number of para-hydroxylation sites is 2. The number of imidazole rings is 1. The molecule has 0 saturated carbocycles. The lowest BCUT2D eigenvalue weighted by Crippen LogP contribution is -1.99. The van der Waals surface area contributed by atoms with Crippen molar-refractivity contribution < 1.29 is 8.76 Å². The van der Waals surface area contributed by atoms with Crippen LogP contribution in [-0.4, -0.2) is 18.3 Å². The van der Waals surface area contributed by atoms with Crippen molar-refractivity contribution in [2.75, 3.05) is 0 Å². The molecule has 0 radical (unpaired) electrons. The number of aromatic nitrogens is 2. The van der Waals surface area contributed by atoms with E-state index >= 15 is 0 Å². The van der Waals surface area contributed by atoms with E-state index in [1.165, 1.54) is 0 Å². The van der Waals surface area contributed by atoms with Crippen LogP contribution in [0.2, 0.25) is 0 Å². The van der Waals surface area contributed by atoms with Crippen LogP contribution >= 0.6 is 0 Å². The highest BCUT2D eigenvalue weighted by atomic mass is 32.2. The fraction of sp³-hybridized carbons (Fsp3) is 0.125. The Kier molecular flexibility index (Phi) is 1.90. The number of benzene rings is 1. The van der Waals surface area contributed by atoms with Gasteiger partial charge in [-0.25, -0.2) is 9.19 Å². The molecule has 0 aliphatic carbocycles. The van der Waals surface area contributed by atoms with Crippen LogP contribution in [0.5, 0.6) is 0 Å². The summed E-state index contributed by atoms with van der Waals surface area (Å²) in [4.78, 5) is 4.02. The van der Waals surface area contributed by atoms with Gasteiger partial charge in [-0.05, 0) is 12.1 Å². The van der Waals surface area contributed by atoms with Gasteiger partial charge in [0.25, 0.3) is 0 Å². The van der Waals surface area contributed by atoms with Crippen molar-refractivity contribution in [3.8, 4) is 0 Å². The average Bonchev–Trinajstić information content (AvgIpc) is 2.45. The summed E-state index contributed by atoms with van der Waals surface area (Å²) in [5.41, 5.74) is 1.60. The lowest BCUT2D eigenvalue weighted by Gasteiger charge is -1.95. The van der Waals surface area contributed by atoms with Gasteiger partial charge in [0.1, 0.15) is 0 Å². The largest absolute Gasteiger partial charge is 0.318 e. The second-order valence-corrected chi connectivity index (χ2v) is 3.55. The van der Waals surface area contributed by atoms with Crippen molar-refractivity contribution in [1.82, 2.24) is 9.55 Å². The first-order valence-electron chi connectivity index (χ1n) is 3.72. The summed E-state index contributed by atoms with van der Waals surface area (Å²) in [6.07, 6.45) is 0. The average molecular weight is 196 g/mol. The maximum atomic E-state index is 10.8. The van der Waals surface area contributed by atoms with Crippen molar-refractivity contribution in [3.05, 3.63) is 24.3 Å². The molecule has 68 valence electrons. The number of rotatable bonds is 1. The molecule has 0 aliphatic heterocycles. The molecule has 1 unspecified atom stereocenters. The number of nitrogens with zero attached hydrogens (tertiary/aromatic N) is 2. The summed E-state index contributed by atoms with van der Waals surface area (Å²) in [6, 6.07) is 7.39. The molecule has 2 rings (SSSR count). The van der Waals surface area contributed by atoms with Crippen molar-refractivity contribution in [2.45, 2.75) is 5.16 Å². The van der Waals surface area contributed by atoms with E-state index in [2.05, 4.69) is 4.98 Å². The van der Waals surface area contributed by atoms with Crippen molar-refractivity contribution in [3.63, 3.8) is 0 Å². The maximum Gasteiger partial charge on any atom is 0.228 e. The SMILES string of the molecule is Cn1c(S(=O)O)nc2ccccc21. The highest BCUT2D eigenvalue weighted by Crippen LogP contribution is 2.15. The first kappa shape index (κ1) is 8.40. The summed E-state index contributed by atoms with van der Waals surface area (Å²) in [5, 5.41) is 0.182. The molecule has 1 atom stereocenters. The molecule has 13 heavy (non-hydrogen) atoms. The minimum Gasteiger partial charge on any atom is -0.318 e. The normalized spacial score (nSPS) is 13.4. The Morgan fingerprint density at radius 3 is 2.77 bits per heavy atom. The highest BCUT2D eigenvalue weighted by molar-refractivity contribution is 7.79. The second-order valence-electron chi connectivity index (χ2n) is 2.69. The molecule has 0 bridgehead atoms. The van der Waals surface area contributed by atoms with E-state index in [1.54, 1.807) is 11.6 Å². The van der Waals surface area contributed by atoms with Gasteiger partial charge in [-0.15, -0.1) is 0 Å². The van der Waals surface area contributed by atoms with E-state index in [1.807, 2.05) is 24.3 Å². The summed E-state index contributed by atoms with van der Waals surface area (Å²) in [5.74, 6) is 0. The Labute approximate surface area is 77.5 Å². The highest BCUT2D eigenvalue weighted by Gasteiger charge is 2.10. The molecular formula is C8H8N2O2S. The maximum absolute atomic E-state index is 10.8. The van der Waals surface area contributed by atoms with Crippen molar-refractivity contribution in [2.24, 2.45) is 7.05 Å². The van der Waals surface area contributed by atoms with Gasteiger partial charge in [0.05, 0.1) is 11.0 Å². The molecule has 1 N–H and O–H groups in total. The molecule has 1 aromatic carbocycles. The Bertz CT molecular complexity index is 478. The summed E-state index contributed by atoms with van der Waals surface area (Å²) in [7, 11) is 1.72. The third-order valence-corrected chi connectivity index (χ3v) is 2.58. The van der Waals surface area contributed by atoms with Gasteiger partial charge in [-0.1, -0.05) is 12.1 Å². The van der Waals surface area contributed by atoms with Crippen LogP contribution in [0.4, 0.5) is 0 Å². The fourth-order valence-electron chi connectivity index (χ4n) is 1.28. The first-order chi connectivity index (χ1) is 6.20. The number of fused-ring (bicyclic) bond motifs is 1. The fourth-order valence-corrected chi connectivity index (χ4v) is 1.79. The molecule has 4 nitrogen and oxygen atoms in total. The molecule has 1 heterocycles. The monoisotopic (exact) mass is 196 g/mol. The Hall–Kier alpha value is -1.20. The van der Waals surface area contributed by atoms with Gasteiger partial charge in [0, 0.05) is 7.05 Å². The van der Waals surface area contributed by atoms with E-state index in [0.717, 1.165) is 11.0 Å². The van der Waals surface area contributed by atoms with Crippen molar-refractivity contribution in [1.29, 1.82) is 0 Å². The van der Waals surface area contributed by atoms with Gasteiger partial charge in [0.2, 0.25) is 16.2 Å². The lowest BCUT2D eigenvalue weighted by atomic mass is 10.3. The Balaban J connectivity index is 2.81. The van der Waals surface area contributed by atoms with Gasteiger partial charge < -0.3 is 4.57 Å². The number of hydrogen-bond donors (Lipinski definition) is 1. The van der Waals surface area contributed by atoms with E-state index in [9.17, 15) is 4.21 Å². The predicted octanol–water partition coefficient (Wildman–Crippen LogP) is 1.15. The molecule has 0 saturated heterocycles. The topological polar surface area (TPSA) is 55.1 Å². The van der Waals surface area contributed by atoms with Crippen LogP contribution in [0.25, 0.3) is 11.0 Å². The van der Waals surface area contributed by atoms with Gasteiger partial charge in [0.15, 0.2) is 0 Å². The molecule has 0 amide bonds. The van der Waals surface area contributed by atoms with Crippen LogP contribution in [0, 0.1) is 0 Å². The zero-order valence-corrected chi connectivity index (χ0v) is 7.78. The van der Waals surface area contributed by atoms with Crippen LogP contribution in [-0.2, 0) is 18.1 Å². The molecule has 0 aliphatic rings. The van der Waals surface area contributed by atoms with Gasteiger partial charge in [-0.2, -0.15) is 0 Å². The van der Waals surface area contributed by atoms with Crippen LogP contribution in [0.3, 0.4) is 0 Å². The van der Waals surface area contributed by atoms with Crippen LogP contribution < -0.4 is 0 Å². The zero-order chi connectivity index (χ0) is 9.42. The molecule has 2 aromatic rings. The smallest absolute Gasteiger partial charge is 0.228 e. The molecule has 1 aromatic heterocycles. The van der Waals surface area contributed by atoms with Gasteiger partial charge in [-0.3, -0.25) is 4.55 Å². The lowest BCUT2D eigenvalue weighted by molar-refractivity contribution is 0.549. The number of aryl methyl sites for hydroxylation is 1. The minimum absolute atomic E-state index is 0.182. The van der Waals surface area contributed by atoms with E-state index < -0.39 is 11.1 Å². The third-order valence-electron chi connectivity index (χ3n) is 1.90. The van der Waals surface area contributed by atoms with E-state index in [0.29, 0.717) is 0 Å². The molecule has 0 spiro atoms. The quantitative estimate of drug-likeness (QED) is 0.696. The Morgan fingerprint density at radius 2 is 2.15 bits per heavy atom. The van der Waals surface area contributed by atoms with E-state index in [4.69, 9.17) is 4.55 Å². The molecule has 5 heteroatoms. The Morgan fingerprint density at radius 1 is 1.46 bits per heavy atom. The predicted molar refractivity (Wildman–Crippen MR) is 49.8 cm³/mol. The van der Waals surface area contributed by atoms with Crippen molar-refractivity contribution >= 4 is 22.1 Å². The molecular weight excluding hydrogens is 188 g/mol. The standard InChI is InChI=1S/C8H8N2O2S/c1-10-7-5-3-2-4-6(7)9-8(10)13(11)12/h2-5H,1H3,(H,11,12). The summed E-state index contributed by atoms with van der Waals surface area (Å²) < 4.78 is 21.3. The zero-order valence-electron chi connectivity index (χ0n) is 6.97. The summed E-state index contributed by atoms with van der Waals surface area (Å²) >= 11 is -2.02. The molecule has 0 fully saturated rings. The first-order valence-corrected chi connectivity index (χ1v) is 4.83. The minimum atomic E-state index is -2.02. The van der Waals surface area contributed by atoms with Gasteiger partial charge >= 0.3 is 0 Å². The van der Waals surface area contributed by atoms with Crippen LogP contribution in [0.15, 0.2) is 29.4 Å².